The van der Waals surface area contributed by atoms with Crippen LogP contribution in [0, 0.1) is 0 Å². The normalized spacial score (nSPS) is 14.9. The van der Waals surface area contributed by atoms with Gasteiger partial charge in [-0.15, -0.1) is 0 Å². The first-order valence-electron chi connectivity index (χ1n) is 6.10. The molecule has 0 atom stereocenters. The topological polar surface area (TPSA) is 87.6 Å². The average Bonchev–Trinajstić information content (AvgIpc) is 2.92. The summed E-state index contributed by atoms with van der Waals surface area (Å²) in [6.45, 7) is 0.766. The van der Waals surface area contributed by atoms with E-state index in [1.807, 2.05) is 0 Å². The molecule has 8 heteroatoms. The largest absolute Gasteiger partial charge is 0.305 e. The number of thioether (sulfide) groups is 1. The predicted octanol–water partition coefficient (Wildman–Crippen LogP) is 0.574. The number of hydrogen-bond donors (Lipinski definition) is 2. The highest BCUT2D eigenvalue weighted by Gasteiger charge is 2.14. The first-order valence-corrected chi connectivity index (χ1v) is 8.56. The van der Waals surface area contributed by atoms with Crippen LogP contribution in [-0.4, -0.2) is 38.3 Å². The Hall–Kier alpha value is -1.38. The molecule has 6 nitrogen and oxygen atoms in total. The van der Waals surface area contributed by atoms with E-state index in [0.29, 0.717) is 11.7 Å². The average molecular weight is 313 g/mol. The first kappa shape index (κ1) is 15.0. The molecule has 0 radical (unpaired) electrons. The molecule has 20 heavy (non-hydrogen) atoms. The molecule has 2 N–H and O–H groups in total. The maximum absolute atomic E-state index is 11.9. The van der Waals surface area contributed by atoms with Crippen molar-refractivity contribution in [3.63, 3.8) is 0 Å². The van der Waals surface area contributed by atoms with E-state index < -0.39 is 10.0 Å². The molecular weight excluding hydrogens is 298 g/mol. The van der Waals surface area contributed by atoms with Gasteiger partial charge in [-0.25, -0.2) is 13.1 Å². The van der Waals surface area contributed by atoms with Crippen LogP contribution in [0.1, 0.15) is 6.42 Å². The van der Waals surface area contributed by atoms with Gasteiger partial charge in [-0.3, -0.25) is 9.79 Å². The van der Waals surface area contributed by atoms with E-state index in [-0.39, 0.29) is 23.8 Å². The second-order valence-corrected chi connectivity index (χ2v) is 6.89. The molecule has 0 saturated heterocycles. The lowest BCUT2D eigenvalue weighted by atomic mass is 10.4. The van der Waals surface area contributed by atoms with Crippen LogP contribution in [0.3, 0.4) is 0 Å². The Morgan fingerprint density at radius 3 is 2.70 bits per heavy atom. The number of amidine groups is 1. The van der Waals surface area contributed by atoms with Gasteiger partial charge < -0.3 is 5.32 Å². The second kappa shape index (κ2) is 6.87. The zero-order chi connectivity index (χ0) is 14.4. The Morgan fingerprint density at radius 1 is 1.30 bits per heavy atom. The number of amides is 1. The maximum Gasteiger partial charge on any atom is 0.240 e. The van der Waals surface area contributed by atoms with Gasteiger partial charge in [-0.1, -0.05) is 30.0 Å². The van der Waals surface area contributed by atoms with Gasteiger partial charge in [0.15, 0.2) is 5.17 Å². The van der Waals surface area contributed by atoms with Crippen molar-refractivity contribution in [1.29, 1.82) is 0 Å². The third-order valence-corrected chi connectivity index (χ3v) is 4.90. The van der Waals surface area contributed by atoms with Crippen molar-refractivity contribution in [2.24, 2.45) is 4.99 Å². The van der Waals surface area contributed by atoms with E-state index in [1.165, 1.54) is 23.9 Å². The van der Waals surface area contributed by atoms with Gasteiger partial charge in [0.25, 0.3) is 0 Å². The van der Waals surface area contributed by atoms with Crippen LogP contribution in [0.15, 0.2) is 40.2 Å². The number of nitrogens with zero attached hydrogens (tertiary/aromatic N) is 1. The minimum absolute atomic E-state index is 0.0566. The van der Waals surface area contributed by atoms with Crippen LogP contribution in [0.2, 0.25) is 0 Å². The summed E-state index contributed by atoms with van der Waals surface area (Å²) in [6, 6.07) is 8.05. The highest BCUT2D eigenvalue weighted by atomic mass is 32.2. The Labute approximate surface area is 122 Å². The second-order valence-electron chi connectivity index (χ2n) is 4.04. The molecule has 0 bridgehead atoms. The number of nitrogens with one attached hydrogen (secondary N) is 2. The summed E-state index contributed by atoms with van der Waals surface area (Å²) >= 11 is 1.49. The Kier molecular flexibility index (Phi) is 5.16. The van der Waals surface area contributed by atoms with Gasteiger partial charge in [0.05, 0.1) is 11.4 Å². The van der Waals surface area contributed by atoms with E-state index in [1.54, 1.807) is 18.2 Å². The third kappa shape index (κ3) is 4.32. The van der Waals surface area contributed by atoms with Gasteiger partial charge in [0.1, 0.15) is 0 Å². The van der Waals surface area contributed by atoms with E-state index in [4.69, 9.17) is 0 Å². The van der Waals surface area contributed by atoms with E-state index in [2.05, 4.69) is 15.0 Å². The summed E-state index contributed by atoms with van der Waals surface area (Å²) in [5, 5.41) is 3.26. The summed E-state index contributed by atoms with van der Waals surface area (Å²) in [5.41, 5.74) is 0. The molecule has 1 amide bonds. The molecule has 0 fully saturated rings. The minimum atomic E-state index is -3.55. The van der Waals surface area contributed by atoms with E-state index in [0.717, 1.165) is 5.75 Å². The van der Waals surface area contributed by atoms with Crippen molar-refractivity contribution in [2.45, 2.75) is 11.3 Å². The Balaban J connectivity index is 1.79. The number of rotatable bonds is 5. The number of carbonyl (C=O) groups is 1. The Bertz CT molecular complexity index is 600. The fraction of sp³-hybridized carbons (Fsp3) is 0.333. The molecule has 0 aliphatic carbocycles. The molecule has 2 rings (SSSR count). The molecule has 108 valence electrons. The highest BCUT2D eigenvalue weighted by Crippen LogP contribution is 2.09. The van der Waals surface area contributed by atoms with Crippen molar-refractivity contribution >= 4 is 32.9 Å². The summed E-state index contributed by atoms with van der Waals surface area (Å²) in [7, 11) is -3.55. The molecule has 1 aromatic rings. The standard InChI is InChI=1S/C12H15N3O3S2/c16-11(15-12-13-8-9-19-12)6-7-14-20(17,18)10-4-2-1-3-5-10/h1-5,14H,6-9H2,(H,13,15,16). The lowest BCUT2D eigenvalue weighted by Gasteiger charge is -2.07. The maximum atomic E-state index is 11.9. The smallest absolute Gasteiger partial charge is 0.240 e. The van der Waals surface area contributed by atoms with E-state index in [9.17, 15) is 13.2 Å². The minimum Gasteiger partial charge on any atom is -0.305 e. The molecule has 0 saturated carbocycles. The fourth-order valence-electron chi connectivity index (χ4n) is 1.57. The fourth-order valence-corrected chi connectivity index (χ4v) is 3.37. The monoisotopic (exact) mass is 313 g/mol. The van der Waals surface area contributed by atoms with Crippen LogP contribution in [0.5, 0.6) is 0 Å². The molecule has 1 aliphatic heterocycles. The quantitative estimate of drug-likeness (QED) is 0.832. The van der Waals surface area contributed by atoms with Crippen LogP contribution < -0.4 is 10.0 Å². The summed E-state index contributed by atoms with van der Waals surface area (Å²) < 4.78 is 26.2. The van der Waals surface area contributed by atoms with Crippen LogP contribution in [-0.2, 0) is 14.8 Å². The van der Waals surface area contributed by atoms with Crippen molar-refractivity contribution in [2.75, 3.05) is 18.8 Å². The van der Waals surface area contributed by atoms with Crippen molar-refractivity contribution in [3.8, 4) is 0 Å². The molecular formula is C12H15N3O3S2. The van der Waals surface area contributed by atoms with Crippen molar-refractivity contribution in [3.05, 3.63) is 30.3 Å². The molecule has 1 heterocycles. The summed E-state index contributed by atoms with van der Waals surface area (Å²) in [6.07, 6.45) is 0.0750. The van der Waals surface area contributed by atoms with Crippen LogP contribution in [0.25, 0.3) is 0 Å². The van der Waals surface area contributed by atoms with Crippen molar-refractivity contribution < 1.29 is 13.2 Å². The lowest BCUT2D eigenvalue weighted by molar-refractivity contribution is -0.119. The molecule has 0 spiro atoms. The SMILES string of the molecule is O=C(CCNS(=O)(=O)c1ccccc1)NC1=NCCS1. The number of hydrogen-bond acceptors (Lipinski definition) is 5. The van der Waals surface area contributed by atoms with Gasteiger partial charge in [0, 0.05) is 18.7 Å². The predicted molar refractivity (Wildman–Crippen MR) is 79.2 cm³/mol. The molecule has 0 unspecified atom stereocenters. The molecule has 1 aromatic carbocycles. The lowest BCUT2D eigenvalue weighted by Crippen LogP contribution is -2.32. The third-order valence-electron chi connectivity index (χ3n) is 2.53. The number of carbonyl (C=O) groups excluding carboxylic acids is 1. The zero-order valence-electron chi connectivity index (χ0n) is 10.7. The van der Waals surface area contributed by atoms with Crippen LogP contribution in [0.4, 0.5) is 0 Å². The highest BCUT2D eigenvalue weighted by molar-refractivity contribution is 8.14. The van der Waals surface area contributed by atoms with E-state index >= 15 is 0 Å². The number of aliphatic imine (C=N–C) groups is 1. The zero-order valence-corrected chi connectivity index (χ0v) is 12.3. The van der Waals surface area contributed by atoms with Crippen LogP contribution >= 0.6 is 11.8 Å². The Morgan fingerprint density at radius 2 is 2.05 bits per heavy atom. The number of benzene rings is 1. The summed E-state index contributed by atoms with van der Waals surface area (Å²) in [4.78, 5) is 15.9. The van der Waals surface area contributed by atoms with Gasteiger partial charge in [0.2, 0.25) is 15.9 Å². The van der Waals surface area contributed by atoms with Gasteiger partial charge in [-0.05, 0) is 12.1 Å². The molecule has 1 aliphatic rings. The van der Waals surface area contributed by atoms with Gasteiger partial charge >= 0.3 is 0 Å². The molecule has 0 aromatic heterocycles. The first-order chi connectivity index (χ1) is 9.58. The summed E-state index contributed by atoms with van der Waals surface area (Å²) in [5.74, 6) is 0.630. The van der Waals surface area contributed by atoms with Crippen molar-refractivity contribution in [1.82, 2.24) is 10.0 Å². The van der Waals surface area contributed by atoms with Gasteiger partial charge in [-0.2, -0.15) is 0 Å². The number of sulfonamides is 1.